The van der Waals surface area contributed by atoms with Gasteiger partial charge < -0.3 is 5.32 Å². The zero-order valence-electron chi connectivity index (χ0n) is 12.9. The largest absolute Gasteiger partial charge is 0.315 e. The number of hydrogen-bond acceptors (Lipinski definition) is 4. The van der Waals surface area contributed by atoms with Gasteiger partial charge in [-0.15, -0.1) is 15.7 Å². The Labute approximate surface area is 144 Å². The number of nitrogens with zero attached hydrogens (tertiary/aromatic N) is 2. The number of thiazole rings is 1. The minimum absolute atomic E-state index is 0.149. The first kappa shape index (κ1) is 16.4. The maximum Gasteiger partial charge on any atom is 0.284 e. The van der Waals surface area contributed by atoms with Gasteiger partial charge in [0.1, 0.15) is 0 Å². The lowest BCUT2D eigenvalue weighted by molar-refractivity contribution is 0.598. The van der Waals surface area contributed by atoms with E-state index in [9.17, 15) is 8.42 Å². The van der Waals surface area contributed by atoms with Crippen LogP contribution in [-0.4, -0.2) is 19.2 Å². The summed E-state index contributed by atoms with van der Waals surface area (Å²) >= 11 is 1.40. The van der Waals surface area contributed by atoms with E-state index >= 15 is 0 Å². The molecule has 0 aliphatic heterocycles. The van der Waals surface area contributed by atoms with Gasteiger partial charge in [0.05, 0.1) is 10.6 Å². The third-order valence-electron chi connectivity index (χ3n) is 3.14. The summed E-state index contributed by atoms with van der Waals surface area (Å²) in [5.74, 6) is 0.244. The summed E-state index contributed by atoms with van der Waals surface area (Å²) in [6, 6.07) is 17.3. The number of amidine groups is 1. The normalized spacial score (nSPS) is 12.1. The van der Waals surface area contributed by atoms with Gasteiger partial charge in [0.25, 0.3) is 10.0 Å². The predicted octanol–water partition coefficient (Wildman–Crippen LogP) is 3.70. The number of benzene rings is 2. The van der Waals surface area contributed by atoms with Gasteiger partial charge in [0, 0.05) is 10.9 Å². The molecule has 0 spiro atoms. The van der Waals surface area contributed by atoms with E-state index in [1.54, 1.807) is 30.3 Å². The summed E-state index contributed by atoms with van der Waals surface area (Å²) in [5, 5.41) is 5.50. The maximum atomic E-state index is 12.6. The third-order valence-corrected chi connectivity index (χ3v) is 5.31. The molecule has 2 aromatic carbocycles. The van der Waals surface area contributed by atoms with E-state index in [1.165, 1.54) is 23.5 Å². The molecule has 3 rings (SSSR count). The fourth-order valence-corrected chi connectivity index (χ4v) is 3.71. The predicted molar refractivity (Wildman–Crippen MR) is 97.1 cm³/mol. The van der Waals surface area contributed by atoms with Crippen LogP contribution in [0.5, 0.6) is 0 Å². The number of aryl methyl sites for hydroxylation is 1. The van der Waals surface area contributed by atoms with Crippen molar-refractivity contribution in [2.75, 3.05) is 5.32 Å². The van der Waals surface area contributed by atoms with Gasteiger partial charge in [0.15, 0.2) is 11.0 Å². The van der Waals surface area contributed by atoms with Gasteiger partial charge in [-0.05, 0) is 19.1 Å². The molecule has 1 aromatic heterocycles. The van der Waals surface area contributed by atoms with Gasteiger partial charge >= 0.3 is 0 Å². The average Bonchev–Trinajstić information content (AvgIpc) is 3.01. The minimum atomic E-state index is -3.82. The lowest BCUT2D eigenvalue weighted by Crippen LogP contribution is -2.16. The smallest absolute Gasteiger partial charge is 0.284 e. The van der Waals surface area contributed by atoms with E-state index in [-0.39, 0.29) is 10.7 Å². The van der Waals surface area contributed by atoms with Crippen LogP contribution in [0.4, 0.5) is 5.13 Å². The standard InChI is InChI=1S/C17H15N3O2S2/c1-13-12-23-17(18-13)19-16(14-8-4-2-5-9-14)20-24(21,22)15-10-6-3-7-11-15/h2-12H,1H3,(H,18,19,20). The van der Waals surface area contributed by atoms with Crippen molar-refractivity contribution in [3.8, 4) is 0 Å². The van der Waals surface area contributed by atoms with E-state index < -0.39 is 10.0 Å². The minimum Gasteiger partial charge on any atom is -0.315 e. The SMILES string of the molecule is Cc1csc(N/C(=N/S(=O)(=O)c2ccccc2)c2ccccc2)n1. The van der Waals surface area contributed by atoms with E-state index in [4.69, 9.17) is 0 Å². The lowest BCUT2D eigenvalue weighted by Gasteiger charge is -2.08. The quantitative estimate of drug-likeness (QED) is 0.571. The summed E-state index contributed by atoms with van der Waals surface area (Å²) in [6.07, 6.45) is 0. The summed E-state index contributed by atoms with van der Waals surface area (Å²) in [6.45, 7) is 1.88. The molecule has 3 aromatic rings. The molecule has 0 atom stereocenters. The zero-order chi connectivity index (χ0) is 17.0. The summed E-state index contributed by atoms with van der Waals surface area (Å²) < 4.78 is 29.1. The molecule has 0 aliphatic carbocycles. The van der Waals surface area contributed by atoms with Crippen molar-refractivity contribution in [1.29, 1.82) is 0 Å². The van der Waals surface area contributed by atoms with E-state index in [0.29, 0.717) is 10.7 Å². The number of rotatable bonds is 4. The number of aromatic nitrogens is 1. The molecule has 0 saturated carbocycles. The Bertz CT molecular complexity index is 950. The number of sulfonamides is 1. The van der Waals surface area contributed by atoms with Crippen molar-refractivity contribution in [3.05, 3.63) is 77.3 Å². The third kappa shape index (κ3) is 3.87. The fourth-order valence-electron chi connectivity index (χ4n) is 2.02. The van der Waals surface area contributed by atoms with Crippen LogP contribution in [0.15, 0.2) is 75.3 Å². The molecule has 1 heterocycles. The Morgan fingerprint density at radius 2 is 1.67 bits per heavy atom. The van der Waals surface area contributed by atoms with Crippen molar-refractivity contribution in [2.24, 2.45) is 4.40 Å². The Morgan fingerprint density at radius 1 is 1.04 bits per heavy atom. The molecule has 0 bridgehead atoms. The first-order valence-electron chi connectivity index (χ1n) is 7.19. The molecule has 0 fully saturated rings. The molecular formula is C17H15N3O2S2. The van der Waals surface area contributed by atoms with Crippen molar-refractivity contribution in [1.82, 2.24) is 4.98 Å². The second kappa shape index (κ2) is 6.94. The highest BCUT2D eigenvalue weighted by Gasteiger charge is 2.16. The monoisotopic (exact) mass is 357 g/mol. The average molecular weight is 357 g/mol. The highest BCUT2D eigenvalue weighted by Crippen LogP contribution is 2.18. The van der Waals surface area contributed by atoms with Gasteiger partial charge in [-0.1, -0.05) is 48.5 Å². The zero-order valence-corrected chi connectivity index (χ0v) is 14.5. The molecule has 0 aliphatic rings. The number of hydrogen-bond donors (Lipinski definition) is 1. The van der Waals surface area contributed by atoms with Gasteiger partial charge in [-0.3, -0.25) is 0 Å². The molecule has 0 unspecified atom stereocenters. The summed E-state index contributed by atoms with van der Waals surface area (Å²) in [4.78, 5) is 4.46. The lowest BCUT2D eigenvalue weighted by atomic mass is 10.2. The van der Waals surface area contributed by atoms with Crippen LogP contribution in [0, 0.1) is 6.92 Å². The molecule has 122 valence electrons. The summed E-state index contributed by atoms with van der Waals surface area (Å²) in [7, 11) is -3.82. The molecule has 7 heteroatoms. The Morgan fingerprint density at radius 3 is 2.25 bits per heavy atom. The van der Waals surface area contributed by atoms with Crippen LogP contribution < -0.4 is 5.32 Å². The van der Waals surface area contributed by atoms with Crippen LogP contribution in [0.3, 0.4) is 0 Å². The van der Waals surface area contributed by atoms with Crippen LogP contribution >= 0.6 is 11.3 Å². The fraction of sp³-hybridized carbons (Fsp3) is 0.0588. The first-order chi connectivity index (χ1) is 11.5. The van der Waals surface area contributed by atoms with Crippen molar-refractivity contribution >= 4 is 32.3 Å². The molecule has 5 nitrogen and oxygen atoms in total. The van der Waals surface area contributed by atoms with Crippen molar-refractivity contribution < 1.29 is 8.42 Å². The van der Waals surface area contributed by atoms with Crippen LogP contribution in [-0.2, 0) is 10.0 Å². The van der Waals surface area contributed by atoms with Crippen LogP contribution in [0.2, 0.25) is 0 Å². The molecule has 0 amide bonds. The van der Waals surface area contributed by atoms with Crippen LogP contribution in [0.1, 0.15) is 11.3 Å². The highest BCUT2D eigenvalue weighted by molar-refractivity contribution is 7.90. The maximum absolute atomic E-state index is 12.6. The van der Waals surface area contributed by atoms with Crippen LogP contribution in [0.25, 0.3) is 0 Å². The van der Waals surface area contributed by atoms with Crippen molar-refractivity contribution in [2.45, 2.75) is 11.8 Å². The molecule has 0 saturated heterocycles. The molecule has 0 radical (unpaired) electrons. The Kier molecular flexibility index (Phi) is 4.73. The highest BCUT2D eigenvalue weighted by atomic mass is 32.2. The van der Waals surface area contributed by atoms with E-state index in [2.05, 4.69) is 14.7 Å². The Hall–Kier alpha value is -2.51. The Balaban J connectivity index is 2.04. The second-order valence-corrected chi connectivity index (χ2v) is 7.48. The number of nitrogens with one attached hydrogen (secondary N) is 1. The first-order valence-corrected chi connectivity index (χ1v) is 9.51. The van der Waals surface area contributed by atoms with Gasteiger partial charge in [-0.2, -0.15) is 8.42 Å². The molecule has 24 heavy (non-hydrogen) atoms. The second-order valence-electron chi connectivity index (χ2n) is 5.01. The summed E-state index contributed by atoms with van der Waals surface area (Å²) in [5.41, 5.74) is 1.53. The topological polar surface area (TPSA) is 71.4 Å². The van der Waals surface area contributed by atoms with E-state index in [0.717, 1.165) is 5.69 Å². The van der Waals surface area contributed by atoms with Gasteiger partial charge in [0.2, 0.25) is 0 Å². The molecular weight excluding hydrogens is 342 g/mol. The van der Waals surface area contributed by atoms with Gasteiger partial charge in [-0.25, -0.2) is 4.98 Å². The number of anilines is 1. The molecule has 1 N–H and O–H groups in total. The van der Waals surface area contributed by atoms with Crippen molar-refractivity contribution in [3.63, 3.8) is 0 Å². The van der Waals surface area contributed by atoms with E-state index in [1.807, 2.05) is 30.5 Å².